The van der Waals surface area contributed by atoms with Crippen LogP contribution in [0, 0.1) is 6.92 Å². The predicted octanol–water partition coefficient (Wildman–Crippen LogP) is 3.14. The average Bonchev–Trinajstić information content (AvgIpc) is 2.62. The van der Waals surface area contributed by atoms with E-state index in [1.807, 2.05) is 20.8 Å². The number of anilines is 2. The standard InChI is InChI=1S/C20H24N4O3/c1-12(2)22-20(27)23-16-7-5-6-14(10-16)19(26)24-17-11-15(18(25)21-4)9-8-13(17)3/h5-12H,1-4H3,(H,21,25)(H,24,26)(H2,22,23,27). The van der Waals surface area contributed by atoms with Gasteiger partial charge in [0.15, 0.2) is 0 Å². The van der Waals surface area contributed by atoms with Crippen molar-refractivity contribution in [2.24, 2.45) is 0 Å². The van der Waals surface area contributed by atoms with Crippen LogP contribution in [-0.2, 0) is 0 Å². The van der Waals surface area contributed by atoms with E-state index in [-0.39, 0.29) is 23.9 Å². The minimum atomic E-state index is -0.336. The zero-order valence-corrected chi connectivity index (χ0v) is 15.8. The summed E-state index contributed by atoms with van der Waals surface area (Å²) in [4.78, 5) is 36.2. The molecule has 0 aliphatic heterocycles. The molecule has 2 rings (SSSR count). The van der Waals surface area contributed by atoms with Gasteiger partial charge in [-0.15, -0.1) is 0 Å². The molecule has 0 saturated heterocycles. The quantitative estimate of drug-likeness (QED) is 0.652. The SMILES string of the molecule is CNC(=O)c1ccc(C)c(NC(=O)c2cccc(NC(=O)NC(C)C)c2)c1. The van der Waals surface area contributed by atoms with E-state index >= 15 is 0 Å². The lowest BCUT2D eigenvalue weighted by atomic mass is 10.1. The number of carbonyl (C=O) groups is 3. The minimum absolute atomic E-state index is 0.00653. The third-order valence-electron chi connectivity index (χ3n) is 3.78. The first-order valence-corrected chi connectivity index (χ1v) is 8.62. The molecule has 4 N–H and O–H groups in total. The fourth-order valence-corrected chi connectivity index (χ4v) is 2.40. The van der Waals surface area contributed by atoms with E-state index in [0.29, 0.717) is 22.5 Å². The number of benzene rings is 2. The Balaban J connectivity index is 2.16. The lowest BCUT2D eigenvalue weighted by molar-refractivity contribution is 0.0961. The van der Waals surface area contributed by atoms with Crippen LogP contribution in [0.25, 0.3) is 0 Å². The van der Waals surface area contributed by atoms with E-state index in [4.69, 9.17) is 0 Å². The molecule has 2 aromatic rings. The van der Waals surface area contributed by atoms with E-state index in [9.17, 15) is 14.4 Å². The van der Waals surface area contributed by atoms with E-state index in [0.717, 1.165) is 5.56 Å². The highest BCUT2D eigenvalue weighted by Crippen LogP contribution is 2.19. The third kappa shape index (κ3) is 5.57. The lowest BCUT2D eigenvalue weighted by Crippen LogP contribution is -2.34. The normalized spacial score (nSPS) is 10.3. The maximum Gasteiger partial charge on any atom is 0.319 e. The van der Waals surface area contributed by atoms with Crippen molar-refractivity contribution in [2.75, 3.05) is 17.7 Å². The molecule has 0 spiro atoms. The first-order valence-electron chi connectivity index (χ1n) is 8.62. The number of nitrogens with one attached hydrogen (secondary N) is 4. The molecule has 0 atom stereocenters. The van der Waals surface area contributed by atoms with Crippen molar-refractivity contribution in [2.45, 2.75) is 26.8 Å². The Morgan fingerprint density at radius 1 is 0.889 bits per heavy atom. The number of aryl methyl sites for hydroxylation is 1. The average molecular weight is 368 g/mol. The first kappa shape index (κ1) is 20.0. The first-order chi connectivity index (χ1) is 12.8. The molecule has 2 aromatic carbocycles. The molecule has 0 aromatic heterocycles. The zero-order chi connectivity index (χ0) is 20.0. The maximum atomic E-state index is 12.6. The second-order valence-electron chi connectivity index (χ2n) is 6.40. The van der Waals surface area contributed by atoms with E-state index in [2.05, 4.69) is 21.3 Å². The molecule has 0 aliphatic rings. The third-order valence-corrected chi connectivity index (χ3v) is 3.78. The summed E-state index contributed by atoms with van der Waals surface area (Å²) < 4.78 is 0. The second-order valence-corrected chi connectivity index (χ2v) is 6.40. The maximum absolute atomic E-state index is 12.6. The molecule has 0 heterocycles. The Bertz CT molecular complexity index is 862. The van der Waals surface area contributed by atoms with Gasteiger partial charge in [0.1, 0.15) is 0 Å². The summed E-state index contributed by atoms with van der Waals surface area (Å²) in [6, 6.07) is 11.4. The summed E-state index contributed by atoms with van der Waals surface area (Å²) in [5.41, 5.74) is 2.75. The van der Waals surface area contributed by atoms with Gasteiger partial charge in [0, 0.05) is 35.6 Å². The summed E-state index contributed by atoms with van der Waals surface area (Å²) in [7, 11) is 1.55. The van der Waals surface area contributed by atoms with E-state index in [1.165, 1.54) is 0 Å². The largest absolute Gasteiger partial charge is 0.355 e. The highest BCUT2D eigenvalue weighted by Gasteiger charge is 2.12. The molecule has 7 heteroatoms. The topological polar surface area (TPSA) is 99.3 Å². The van der Waals surface area contributed by atoms with Gasteiger partial charge in [-0.1, -0.05) is 12.1 Å². The lowest BCUT2D eigenvalue weighted by Gasteiger charge is -2.12. The van der Waals surface area contributed by atoms with Crippen LogP contribution in [0.4, 0.5) is 16.2 Å². The minimum Gasteiger partial charge on any atom is -0.355 e. The molecular formula is C20H24N4O3. The fraction of sp³-hybridized carbons (Fsp3) is 0.250. The zero-order valence-electron chi connectivity index (χ0n) is 15.8. The molecule has 0 saturated carbocycles. The molecule has 142 valence electrons. The number of carbonyl (C=O) groups excluding carboxylic acids is 3. The number of hydrogen-bond donors (Lipinski definition) is 4. The van der Waals surface area contributed by atoms with Gasteiger partial charge in [-0.3, -0.25) is 9.59 Å². The van der Waals surface area contributed by atoms with Crippen molar-refractivity contribution >= 4 is 29.2 Å². The summed E-state index contributed by atoms with van der Waals surface area (Å²) in [5.74, 6) is -0.562. The molecule has 0 fully saturated rings. The summed E-state index contributed by atoms with van der Waals surface area (Å²) in [6.45, 7) is 5.56. The second kappa shape index (κ2) is 8.84. The summed E-state index contributed by atoms with van der Waals surface area (Å²) in [6.07, 6.45) is 0. The van der Waals surface area contributed by atoms with Crippen LogP contribution in [0.5, 0.6) is 0 Å². The number of urea groups is 1. The molecular weight excluding hydrogens is 344 g/mol. The molecule has 27 heavy (non-hydrogen) atoms. The van der Waals surface area contributed by atoms with E-state index < -0.39 is 0 Å². The Labute approximate surface area is 158 Å². The van der Waals surface area contributed by atoms with Crippen molar-refractivity contribution in [3.05, 3.63) is 59.2 Å². The van der Waals surface area contributed by atoms with Gasteiger partial charge < -0.3 is 21.3 Å². The predicted molar refractivity (Wildman–Crippen MR) is 106 cm³/mol. The van der Waals surface area contributed by atoms with Gasteiger partial charge in [0.2, 0.25) is 0 Å². The smallest absolute Gasteiger partial charge is 0.319 e. The Morgan fingerprint density at radius 2 is 1.59 bits per heavy atom. The van der Waals surface area contributed by atoms with Gasteiger partial charge in [-0.05, 0) is 56.7 Å². The number of hydrogen-bond acceptors (Lipinski definition) is 3. The van der Waals surface area contributed by atoms with Gasteiger partial charge in [-0.2, -0.15) is 0 Å². The van der Waals surface area contributed by atoms with Crippen LogP contribution < -0.4 is 21.3 Å². The Morgan fingerprint density at radius 3 is 2.26 bits per heavy atom. The van der Waals surface area contributed by atoms with Crippen LogP contribution >= 0.6 is 0 Å². The Hall–Kier alpha value is -3.35. The summed E-state index contributed by atoms with van der Waals surface area (Å²) >= 11 is 0. The molecule has 7 nitrogen and oxygen atoms in total. The van der Waals surface area contributed by atoms with Gasteiger partial charge in [-0.25, -0.2) is 4.79 Å². The summed E-state index contributed by atoms with van der Waals surface area (Å²) in [5, 5.41) is 10.8. The van der Waals surface area contributed by atoms with Crippen LogP contribution in [0.1, 0.15) is 40.1 Å². The molecule has 0 unspecified atom stereocenters. The van der Waals surface area contributed by atoms with Crippen LogP contribution in [0.15, 0.2) is 42.5 Å². The van der Waals surface area contributed by atoms with Crippen molar-refractivity contribution in [1.29, 1.82) is 0 Å². The van der Waals surface area contributed by atoms with E-state index in [1.54, 1.807) is 49.5 Å². The Kier molecular flexibility index (Phi) is 6.54. The van der Waals surface area contributed by atoms with Crippen molar-refractivity contribution in [3.63, 3.8) is 0 Å². The van der Waals surface area contributed by atoms with Crippen molar-refractivity contribution in [1.82, 2.24) is 10.6 Å². The van der Waals surface area contributed by atoms with Gasteiger partial charge in [0.05, 0.1) is 0 Å². The molecule has 0 bridgehead atoms. The van der Waals surface area contributed by atoms with Gasteiger partial charge >= 0.3 is 6.03 Å². The molecule has 4 amide bonds. The molecule has 0 aliphatic carbocycles. The number of amides is 4. The van der Waals surface area contributed by atoms with Crippen molar-refractivity contribution in [3.8, 4) is 0 Å². The number of rotatable bonds is 5. The highest BCUT2D eigenvalue weighted by molar-refractivity contribution is 6.06. The van der Waals surface area contributed by atoms with Crippen molar-refractivity contribution < 1.29 is 14.4 Å². The van der Waals surface area contributed by atoms with Crippen LogP contribution in [0.2, 0.25) is 0 Å². The molecule has 0 radical (unpaired) electrons. The van der Waals surface area contributed by atoms with Crippen LogP contribution in [0.3, 0.4) is 0 Å². The fourth-order valence-electron chi connectivity index (χ4n) is 2.40. The van der Waals surface area contributed by atoms with Gasteiger partial charge in [0.25, 0.3) is 11.8 Å². The van der Waals surface area contributed by atoms with Crippen LogP contribution in [-0.4, -0.2) is 30.9 Å². The highest BCUT2D eigenvalue weighted by atomic mass is 16.2. The monoisotopic (exact) mass is 368 g/mol.